The first-order valence-electron chi connectivity index (χ1n) is 7.79. The van der Waals surface area contributed by atoms with Gasteiger partial charge in [0.2, 0.25) is 0 Å². The second kappa shape index (κ2) is 9.50. The van der Waals surface area contributed by atoms with E-state index in [9.17, 15) is 29.4 Å². The highest BCUT2D eigenvalue weighted by atomic mass is 79.9. The minimum Gasteiger partial charge on any atom is -0.481 e. The van der Waals surface area contributed by atoms with Crippen molar-refractivity contribution in [2.45, 2.75) is 12.5 Å². The van der Waals surface area contributed by atoms with E-state index in [0.29, 0.717) is 4.47 Å². The first kappa shape index (κ1) is 22.3. The second-order valence-electron chi connectivity index (χ2n) is 5.50. The van der Waals surface area contributed by atoms with Gasteiger partial charge in [-0.15, -0.1) is 0 Å². The van der Waals surface area contributed by atoms with E-state index >= 15 is 0 Å². The number of nitrogens with one attached hydrogen (secondary N) is 1. The Morgan fingerprint density at radius 1 is 1.07 bits per heavy atom. The summed E-state index contributed by atoms with van der Waals surface area (Å²) in [7, 11) is -4.46. The SMILES string of the molecule is O=C(O)CC(NP(=O)(Oc1ccc(Br)cc1)Oc1ccc([N+](=O)[O-])cc1)C(=O)O. The summed E-state index contributed by atoms with van der Waals surface area (Å²) in [6, 6.07) is 8.65. The average molecular weight is 489 g/mol. The molecule has 2 aromatic rings. The van der Waals surface area contributed by atoms with Crippen molar-refractivity contribution in [3.63, 3.8) is 0 Å². The van der Waals surface area contributed by atoms with Crippen LogP contribution in [-0.2, 0) is 14.2 Å². The first-order valence-corrected chi connectivity index (χ1v) is 10.1. The van der Waals surface area contributed by atoms with Gasteiger partial charge in [0.05, 0.1) is 11.3 Å². The highest BCUT2D eigenvalue weighted by Crippen LogP contribution is 2.46. The second-order valence-corrected chi connectivity index (χ2v) is 8.04. The number of nitro benzene ring substituents is 1. The van der Waals surface area contributed by atoms with Gasteiger partial charge in [0.15, 0.2) is 0 Å². The maximum Gasteiger partial charge on any atom is 0.513 e. The molecule has 11 nitrogen and oxygen atoms in total. The van der Waals surface area contributed by atoms with Gasteiger partial charge in [-0.05, 0) is 36.4 Å². The maximum absolute atomic E-state index is 13.2. The van der Waals surface area contributed by atoms with E-state index in [-0.39, 0.29) is 17.2 Å². The summed E-state index contributed by atoms with van der Waals surface area (Å²) in [5, 5.41) is 30.9. The lowest BCUT2D eigenvalue weighted by atomic mass is 10.2. The molecule has 0 aliphatic carbocycles. The van der Waals surface area contributed by atoms with Crippen LogP contribution in [0.3, 0.4) is 0 Å². The van der Waals surface area contributed by atoms with Crippen molar-refractivity contribution < 1.29 is 38.3 Å². The molecule has 2 atom stereocenters. The van der Waals surface area contributed by atoms with Crippen molar-refractivity contribution in [3.8, 4) is 11.5 Å². The molecule has 2 unspecified atom stereocenters. The Hall–Kier alpha value is -2.95. The standard InChI is InChI=1S/C16H14BrN2O9P/c17-10-1-5-12(6-2-10)27-29(26,18-14(16(22)23)9-15(20)21)28-13-7-3-11(4-8-13)19(24)25/h1-8,14H,9H2,(H,18,26)(H,20,21)(H,22,23). The smallest absolute Gasteiger partial charge is 0.481 e. The Labute approximate surface area is 172 Å². The number of carboxylic acid groups (broad SMARTS) is 2. The van der Waals surface area contributed by atoms with Gasteiger partial charge >= 0.3 is 19.7 Å². The number of non-ortho nitro benzene ring substituents is 1. The van der Waals surface area contributed by atoms with Gasteiger partial charge in [-0.25, -0.2) is 4.57 Å². The van der Waals surface area contributed by atoms with Gasteiger partial charge in [-0.1, -0.05) is 15.9 Å². The van der Waals surface area contributed by atoms with Crippen molar-refractivity contribution in [3.05, 3.63) is 63.1 Å². The molecule has 13 heteroatoms. The largest absolute Gasteiger partial charge is 0.513 e. The van der Waals surface area contributed by atoms with Crippen LogP contribution in [0.15, 0.2) is 53.0 Å². The van der Waals surface area contributed by atoms with E-state index in [1.54, 1.807) is 12.1 Å². The zero-order valence-electron chi connectivity index (χ0n) is 14.4. The summed E-state index contributed by atoms with van der Waals surface area (Å²) in [5.74, 6) is -3.11. The van der Waals surface area contributed by atoms with Crippen molar-refractivity contribution in [1.29, 1.82) is 0 Å². The van der Waals surface area contributed by atoms with E-state index in [4.69, 9.17) is 14.2 Å². The van der Waals surface area contributed by atoms with Crippen LogP contribution < -0.4 is 14.1 Å². The summed E-state index contributed by atoms with van der Waals surface area (Å²) in [4.78, 5) is 32.3. The van der Waals surface area contributed by atoms with Crippen LogP contribution in [0.1, 0.15) is 6.42 Å². The fraction of sp³-hybridized carbons (Fsp3) is 0.125. The predicted octanol–water partition coefficient (Wildman–Crippen LogP) is 3.44. The molecule has 29 heavy (non-hydrogen) atoms. The fourth-order valence-corrected chi connectivity index (χ4v) is 3.82. The van der Waals surface area contributed by atoms with Gasteiger partial charge in [0.1, 0.15) is 17.5 Å². The molecular formula is C16H14BrN2O9P. The van der Waals surface area contributed by atoms with Crippen LogP contribution >= 0.6 is 23.7 Å². The number of hydrogen-bond acceptors (Lipinski definition) is 7. The number of nitro groups is 1. The molecule has 2 aromatic carbocycles. The molecule has 154 valence electrons. The Bertz CT molecular complexity index is 950. The Balaban J connectivity index is 2.33. The molecule has 0 amide bonds. The average Bonchev–Trinajstić information content (AvgIpc) is 2.63. The number of aliphatic carboxylic acids is 2. The third-order valence-electron chi connectivity index (χ3n) is 3.30. The fourth-order valence-electron chi connectivity index (χ4n) is 2.03. The van der Waals surface area contributed by atoms with Crippen LogP contribution in [0, 0.1) is 10.1 Å². The van der Waals surface area contributed by atoms with Crippen molar-refractivity contribution in [2.75, 3.05) is 0 Å². The van der Waals surface area contributed by atoms with Crippen LogP contribution in [0.25, 0.3) is 0 Å². The van der Waals surface area contributed by atoms with Gasteiger partial charge < -0.3 is 19.3 Å². The third kappa shape index (κ3) is 6.86. The number of carboxylic acids is 2. The van der Waals surface area contributed by atoms with Crippen LogP contribution in [0.2, 0.25) is 0 Å². The molecule has 3 N–H and O–H groups in total. The zero-order valence-corrected chi connectivity index (χ0v) is 16.9. The molecule has 0 fully saturated rings. The molecule has 0 saturated heterocycles. The van der Waals surface area contributed by atoms with E-state index in [1.165, 1.54) is 12.1 Å². The summed E-state index contributed by atoms with van der Waals surface area (Å²) >= 11 is 3.21. The minimum atomic E-state index is -4.46. The molecule has 0 saturated carbocycles. The molecule has 0 aromatic heterocycles. The van der Waals surface area contributed by atoms with Crippen LogP contribution in [-0.4, -0.2) is 33.1 Å². The highest BCUT2D eigenvalue weighted by Gasteiger charge is 2.36. The van der Waals surface area contributed by atoms with Crippen molar-refractivity contribution in [1.82, 2.24) is 5.09 Å². The number of rotatable bonds is 10. The minimum absolute atomic E-state index is 0.0467. The van der Waals surface area contributed by atoms with E-state index in [1.807, 2.05) is 0 Å². The van der Waals surface area contributed by atoms with Gasteiger partial charge in [0.25, 0.3) is 5.69 Å². The molecule has 0 radical (unpaired) electrons. The summed E-state index contributed by atoms with van der Waals surface area (Å²) < 4.78 is 24.5. The van der Waals surface area contributed by atoms with Crippen LogP contribution in [0.5, 0.6) is 11.5 Å². The lowest BCUT2D eigenvalue weighted by molar-refractivity contribution is -0.384. The number of carbonyl (C=O) groups is 2. The molecule has 0 aliphatic rings. The first-order chi connectivity index (χ1) is 13.6. The predicted molar refractivity (Wildman–Crippen MR) is 103 cm³/mol. The maximum atomic E-state index is 13.2. The monoisotopic (exact) mass is 488 g/mol. The molecule has 0 aliphatic heterocycles. The highest BCUT2D eigenvalue weighted by molar-refractivity contribution is 9.10. The molecule has 0 spiro atoms. The van der Waals surface area contributed by atoms with Gasteiger partial charge in [-0.3, -0.25) is 19.7 Å². The Morgan fingerprint density at radius 2 is 1.55 bits per heavy atom. The van der Waals surface area contributed by atoms with Crippen LogP contribution in [0.4, 0.5) is 5.69 Å². The molecule has 2 rings (SSSR count). The number of hydrogen-bond donors (Lipinski definition) is 3. The zero-order chi connectivity index (χ0) is 21.6. The van der Waals surface area contributed by atoms with Gasteiger partial charge in [0, 0.05) is 16.6 Å². The lowest BCUT2D eigenvalue weighted by Gasteiger charge is -2.23. The number of benzene rings is 2. The Kier molecular flexibility index (Phi) is 7.32. The van der Waals surface area contributed by atoms with Crippen molar-refractivity contribution >= 4 is 41.3 Å². The van der Waals surface area contributed by atoms with Gasteiger partial charge in [-0.2, -0.15) is 5.09 Å². The summed E-state index contributed by atoms with van der Waals surface area (Å²) in [6.45, 7) is 0. The molecule has 0 bridgehead atoms. The van der Waals surface area contributed by atoms with E-state index in [2.05, 4.69) is 21.0 Å². The Morgan fingerprint density at radius 3 is 1.97 bits per heavy atom. The van der Waals surface area contributed by atoms with E-state index in [0.717, 1.165) is 24.3 Å². The number of nitrogens with zero attached hydrogens (tertiary/aromatic N) is 1. The summed E-state index contributed by atoms with van der Waals surface area (Å²) in [5.41, 5.74) is -0.247. The topological polar surface area (TPSA) is 165 Å². The summed E-state index contributed by atoms with van der Waals surface area (Å²) in [6.07, 6.45) is -0.896. The van der Waals surface area contributed by atoms with Crippen molar-refractivity contribution in [2.24, 2.45) is 0 Å². The van der Waals surface area contributed by atoms with E-state index < -0.39 is 37.1 Å². The molecular weight excluding hydrogens is 475 g/mol. The third-order valence-corrected chi connectivity index (χ3v) is 5.36. The normalized spacial score (nSPS) is 13.7. The molecule has 0 heterocycles. The lowest BCUT2D eigenvalue weighted by Crippen LogP contribution is -2.38. The quantitative estimate of drug-likeness (QED) is 0.256. The number of halogens is 1.